The first-order valence-electron chi connectivity index (χ1n) is 5.24. The third kappa shape index (κ3) is 3.01. The molecule has 0 N–H and O–H groups in total. The van der Waals surface area contributed by atoms with Crippen LogP contribution in [-0.4, -0.2) is 22.8 Å². The highest BCUT2D eigenvalue weighted by molar-refractivity contribution is 7.84. The molecule has 1 atom stereocenters. The molecule has 0 amide bonds. The average Bonchev–Trinajstić information content (AvgIpc) is 2.41. The maximum absolute atomic E-state index is 11.9. The normalized spacial score (nSPS) is 15.6. The number of ether oxygens (including phenoxy) is 1. The molecule has 0 aliphatic heterocycles. The van der Waals surface area contributed by atoms with Crippen molar-refractivity contribution in [3.8, 4) is 5.75 Å². The van der Waals surface area contributed by atoms with Crippen LogP contribution in [0, 0.1) is 0 Å². The van der Waals surface area contributed by atoms with E-state index in [2.05, 4.69) is 4.40 Å². The van der Waals surface area contributed by atoms with Crippen LogP contribution in [-0.2, 0) is 15.8 Å². The van der Waals surface area contributed by atoms with Crippen molar-refractivity contribution in [3.05, 3.63) is 48.6 Å². The van der Waals surface area contributed by atoms with E-state index in [1.807, 2.05) is 0 Å². The van der Waals surface area contributed by atoms with Crippen LogP contribution in [0.2, 0.25) is 0 Å². The Kier molecular flexibility index (Phi) is 3.84. The largest absolute Gasteiger partial charge is 0.497 e. The third-order valence-corrected chi connectivity index (χ3v) is 3.34. The second kappa shape index (κ2) is 5.55. The van der Waals surface area contributed by atoms with Crippen LogP contribution in [0.4, 0.5) is 0 Å². The summed E-state index contributed by atoms with van der Waals surface area (Å²) in [7, 11) is 0.0864. The van der Waals surface area contributed by atoms with E-state index in [0.717, 1.165) is 0 Å². The van der Waals surface area contributed by atoms with Crippen molar-refractivity contribution in [2.45, 2.75) is 4.90 Å². The van der Waals surface area contributed by atoms with Crippen molar-refractivity contribution < 1.29 is 13.7 Å². The van der Waals surface area contributed by atoms with Crippen molar-refractivity contribution in [1.82, 2.24) is 0 Å². The predicted molar refractivity (Wildman–Crippen MR) is 70.1 cm³/mol. The molecule has 0 bridgehead atoms. The standard InChI is InChI=1S/C13H11NO3S/c1-17-12-6-8-13(9-7-12)18(16)14-10-2-4-11(15)5-3-10/h2-9H,1H3. The molecule has 4 nitrogen and oxygen atoms in total. The Bertz CT molecular complexity index is 552. The van der Waals surface area contributed by atoms with Crippen LogP contribution < -0.4 is 4.74 Å². The first-order chi connectivity index (χ1) is 8.69. The lowest BCUT2D eigenvalue weighted by Crippen LogP contribution is -2.01. The Morgan fingerprint density at radius 2 is 1.67 bits per heavy atom. The molecule has 5 heteroatoms. The van der Waals surface area contributed by atoms with E-state index >= 15 is 0 Å². The molecule has 0 fully saturated rings. The summed E-state index contributed by atoms with van der Waals surface area (Å²) in [6, 6.07) is 6.84. The zero-order valence-corrected chi connectivity index (χ0v) is 10.5. The molecule has 92 valence electrons. The van der Waals surface area contributed by atoms with E-state index in [-0.39, 0.29) is 5.78 Å². The highest BCUT2D eigenvalue weighted by Crippen LogP contribution is 2.15. The zero-order chi connectivity index (χ0) is 13.0. The number of carbonyl (C=O) groups is 1. The Hall–Kier alpha value is -2.01. The fraction of sp³-hybridized carbons (Fsp3) is 0.0769. The van der Waals surface area contributed by atoms with Gasteiger partial charge in [-0.1, -0.05) is 0 Å². The van der Waals surface area contributed by atoms with Crippen LogP contribution >= 0.6 is 0 Å². The lowest BCUT2D eigenvalue weighted by Gasteiger charge is -2.01. The van der Waals surface area contributed by atoms with Gasteiger partial charge in [0.15, 0.2) is 16.8 Å². The summed E-state index contributed by atoms with van der Waals surface area (Å²) in [5, 5.41) is 0. The summed E-state index contributed by atoms with van der Waals surface area (Å²) >= 11 is 0. The van der Waals surface area contributed by atoms with Crippen molar-refractivity contribution in [2.75, 3.05) is 7.11 Å². The number of hydrogen-bond donors (Lipinski definition) is 0. The summed E-state index contributed by atoms with van der Waals surface area (Å²) in [4.78, 5) is 11.5. The molecule has 1 unspecified atom stereocenters. The number of benzene rings is 1. The molecule has 0 radical (unpaired) electrons. The molecular formula is C13H11NO3S. The molecule has 0 aromatic heterocycles. The van der Waals surface area contributed by atoms with Gasteiger partial charge in [-0.15, -0.1) is 0 Å². The second-order valence-electron chi connectivity index (χ2n) is 3.51. The Labute approximate surface area is 107 Å². The maximum atomic E-state index is 11.9. The molecule has 0 saturated heterocycles. The third-order valence-electron chi connectivity index (χ3n) is 2.29. The average molecular weight is 261 g/mol. The van der Waals surface area contributed by atoms with Gasteiger partial charge in [-0.3, -0.25) is 4.79 Å². The molecule has 1 aromatic carbocycles. The van der Waals surface area contributed by atoms with Crippen LogP contribution in [0.3, 0.4) is 0 Å². The fourth-order valence-corrected chi connectivity index (χ4v) is 2.14. The monoisotopic (exact) mass is 261 g/mol. The highest BCUT2D eigenvalue weighted by atomic mass is 32.2. The summed E-state index contributed by atoms with van der Waals surface area (Å²) in [5.74, 6) is 0.607. The van der Waals surface area contributed by atoms with E-state index < -0.39 is 11.0 Å². The predicted octanol–water partition coefficient (Wildman–Crippen LogP) is 1.85. The van der Waals surface area contributed by atoms with Crippen LogP contribution in [0.5, 0.6) is 5.75 Å². The van der Waals surface area contributed by atoms with E-state index in [0.29, 0.717) is 16.4 Å². The Morgan fingerprint density at radius 1 is 1.06 bits per heavy atom. The van der Waals surface area contributed by atoms with E-state index in [4.69, 9.17) is 4.74 Å². The Morgan fingerprint density at radius 3 is 2.22 bits per heavy atom. The molecule has 18 heavy (non-hydrogen) atoms. The van der Waals surface area contributed by atoms with Crippen LogP contribution in [0.15, 0.2) is 57.9 Å². The van der Waals surface area contributed by atoms with Gasteiger partial charge in [0.25, 0.3) is 0 Å². The minimum atomic E-state index is -1.48. The van der Waals surface area contributed by atoms with Gasteiger partial charge in [-0.2, -0.15) is 4.40 Å². The fourth-order valence-electron chi connectivity index (χ4n) is 1.35. The minimum Gasteiger partial charge on any atom is -0.497 e. The number of carbonyl (C=O) groups excluding carboxylic acids is 1. The smallest absolute Gasteiger partial charge is 0.178 e. The maximum Gasteiger partial charge on any atom is 0.178 e. The highest BCUT2D eigenvalue weighted by Gasteiger charge is 2.05. The van der Waals surface area contributed by atoms with Gasteiger partial charge in [0.05, 0.1) is 17.7 Å². The van der Waals surface area contributed by atoms with Gasteiger partial charge in [-0.25, -0.2) is 4.21 Å². The van der Waals surface area contributed by atoms with Crippen LogP contribution in [0.25, 0.3) is 0 Å². The van der Waals surface area contributed by atoms with Crippen molar-refractivity contribution >= 4 is 22.5 Å². The number of rotatable bonds is 3. The molecule has 2 rings (SSSR count). The number of nitrogens with zero attached hydrogens (tertiary/aromatic N) is 1. The summed E-state index contributed by atoms with van der Waals surface area (Å²) in [6.45, 7) is 0. The minimum absolute atomic E-state index is 0.0934. The summed E-state index contributed by atoms with van der Waals surface area (Å²) in [5.41, 5.74) is 0.517. The number of hydrogen-bond acceptors (Lipinski definition) is 3. The molecule has 1 aliphatic rings. The van der Waals surface area contributed by atoms with Gasteiger partial charge in [0, 0.05) is 0 Å². The van der Waals surface area contributed by atoms with Crippen molar-refractivity contribution in [3.63, 3.8) is 0 Å². The van der Waals surface area contributed by atoms with Gasteiger partial charge in [-0.05, 0) is 48.6 Å². The Balaban J connectivity index is 2.16. The SMILES string of the molecule is COc1ccc(S(=O)N=C2C=CC(=O)C=C2)cc1. The number of allylic oxidation sites excluding steroid dienone is 4. The van der Waals surface area contributed by atoms with Crippen LogP contribution in [0.1, 0.15) is 0 Å². The van der Waals surface area contributed by atoms with Crippen molar-refractivity contribution in [2.24, 2.45) is 4.40 Å². The molecule has 0 saturated carbocycles. The van der Waals surface area contributed by atoms with E-state index in [1.165, 1.54) is 12.2 Å². The topological polar surface area (TPSA) is 55.7 Å². The molecule has 0 spiro atoms. The van der Waals surface area contributed by atoms with Gasteiger partial charge in [0.1, 0.15) is 5.75 Å². The number of ketones is 1. The lowest BCUT2D eigenvalue weighted by atomic mass is 10.2. The quantitative estimate of drug-likeness (QED) is 0.780. The molecule has 1 aliphatic carbocycles. The van der Waals surface area contributed by atoms with Gasteiger partial charge >= 0.3 is 0 Å². The summed E-state index contributed by atoms with van der Waals surface area (Å²) < 4.78 is 21.0. The van der Waals surface area contributed by atoms with Gasteiger partial charge in [0.2, 0.25) is 0 Å². The zero-order valence-electron chi connectivity index (χ0n) is 9.70. The summed E-state index contributed by atoms with van der Waals surface area (Å²) in [6.07, 6.45) is 5.88. The first kappa shape index (κ1) is 12.4. The molecule has 0 heterocycles. The second-order valence-corrected chi connectivity index (χ2v) is 4.66. The number of methoxy groups -OCH3 is 1. The first-order valence-corrected chi connectivity index (χ1v) is 6.34. The van der Waals surface area contributed by atoms with E-state index in [9.17, 15) is 9.00 Å². The van der Waals surface area contributed by atoms with Gasteiger partial charge < -0.3 is 4.74 Å². The van der Waals surface area contributed by atoms with Crippen molar-refractivity contribution in [1.29, 1.82) is 0 Å². The molecule has 1 aromatic rings. The van der Waals surface area contributed by atoms with E-state index in [1.54, 1.807) is 43.5 Å². The molecular weight excluding hydrogens is 250 g/mol. The lowest BCUT2D eigenvalue weighted by molar-refractivity contribution is -0.110.